The third-order valence-electron chi connectivity index (χ3n) is 7.20. The van der Waals surface area contributed by atoms with Crippen molar-refractivity contribution in [3.8, 4) is 0 Å². The van der Waals surface area contributed by atoms with Gasteiger partial charge in [-0.15, -0.1) is 0 Å². The first-order valence-corrected chi connectivity index (χ1v) is 15.5. The number of anilines is 1. The molecule has 3 rings (SSSR count). The average molecular weight is 638 g/mol. The summed E-state index contributed by atoms with van der Waals surface area (Å²) >= 11 is 5.82. The Morgan fingerprint density at radius 2 is 1.60 bits per heavy atom. The second-order valence-electron chi connectivity index (χ2n) is 10.4. The van der Waals surface area contributed by atoms with Gasteiger partial charge in [-0.3, -0.25) is 13.9 Å². The number of alkyl halides is 3. The van der Waals surface area contributed by atoms with Crippen LogP contribution in [-0.2, 0) is 32.3 Å². The number of amides is 2. The van der Waals surface area contributed by atoms with Crippen molar-refractivity contribution in [3.63, 3.8) is 0 Å². The van der Waals surface area contributed by atoms with Crippen molar-refractivity contribution < 1.29 is 31.2 Å². The second-order valence-corrected chi connectivity index (χ2v) is 12.7. The Labute approximate surface area is 255 Å². The Balaban J connectivity index is 2.13. The van der Waals surface area contributed by atoms with Crippen molar-refractivity contribution in [2.75, 3.05) is 10.8 Å². The molecule has 7 nitrogen and oxygen atoms in total. The van der Waals surface area contributed by atoms with E-state index >= 15 is 0 Å². The molecular weight excluding hydrogens is 603 g/mol. The van der Waals surface area contributed by atoms with Gasteiger partial charge in [-0.05, 0) is 75.6 Å². The number of hydrogen-bond donors (Lipinski definition) is 1. The maximum atomic E-state index is 14.0. The van der Waals surface area contributed by atoms with Crippen LogP contribution >= 0.6 is 11.6 Å². The minimum absolute atomic E-state index is 0.0343. The minimum Gasteiger partial charge on any atom is -0.352 e. The lowest BCUT2D eigenvalue weighted by atomic mass is 10.1. The van der Waals surface area contributed by atoms with E-state index in [0.717, 1.165) is 28.8 Å². The van der Waals surface area contributed by atoms with Crippen molar-refractivity contribution >= 4 is 39.1 Å². The van der Waals surface area contributed by atoms with Crippen molar-refractivity contribution in [2.45, 2.75) is 70.7 Å². The third-order valence-corrected chi connectivity index (χ3v) is 9.32. The smallest absolute Gasteiger partial charge is 0.352 e. The van der Waals surface area contributed by atoms with Crippen molar-refractivity contribution in [3.05, 3.63) is 94.0 Å². The van der Waals surface area contributed by atoms with E-state index in [1.807, 2.05) is 32.9 Å². The summed E-state index contributed by atoms with van der Waals surface area (Å²) in [7, 11) is -4.55. The van der Waals surface area contributed by atoms with Crippen LogP contribution in [0.2, 0.25) is 5.02 Å². The number of carbonyl (C=O) groups is 2. The van der Waals surface area contributed by atoms with Crippen LogP contribution in [0.4, 0.5) is 18.9 Å². The quantitative estimate of drug-likeness (QED) is 0.260. The Morgan fingerprint density at radius 1 is 0.977 bits per heavy atom. The molecule has 0 radical (unpaired) electrons. The number of nitrogens with one attached hydrogen (secondary N) is 1. The van der Waals surface area contributed by atoms with Gasteiger partial charge >= 0.3 is 6.18 Å². The molecule has 0 bridgehead atoms. The molecule has 3 aromatic rings. The van der Waals surface area contributed by atoms with Gasteiger partial charge in [0, 0.05) is 12.6 Å². The minimum atomic E-state index is -4.88. The molecule has 0 aliphatic rings. The molecular formula is C31H35ClF3N3O4S. The zero-order chi connectivity index (χ0) is 32.1. The van der Waals surface area contributed by atoms with Gasteiger partial charge in [-0.1, -0.05) is 60.5 Å². The molecule has 3 aromatic carbocycles. The first-order valence-electron chi connectivity index (χ1n) is 13.7. The SMILES string of the molecule is CC[C@H](C)NC(=O)[C@H](C)N(Cc1ccccc1C)C(=O)CN(c1ccc(Cl)c(C(F)(F)F)c1)S(=O)(=O)c1ccc(C)cc1. The summed E-state index contributed by atoms with van der Waals surface area (Å²) in [6.07, 6.45) is -4.24. The topological polar surface area (TPSA) is 86.8 Å². The second kappa shape index (κ2) is 13.8. The molecule has 0 aliphatic carbocycles. The standard InChI is InChI=1S/C31H35ClF3N3O4S/c1-6-22(4)36-30(40)23(5)37(18-24-10-8-7-9-21(24)3)29(39)19-38(43(41,42)26-14-11-20(2)12-15-26)25-13-16-28(32)27(17-25)31(33,34)35/h7-17,22-23H,6,18-19H2,1-5H3,(H,36,40)/t22-,23-/m0/s1. The summed E-state index contributed by atoms with van der Waals surface area (Å²) in [5, 5.41) is 2.22. The van der Waals surface area contributed by atoms with Crippen LogP contribution in [0, 0.1) is 13.8 Å². The molecule has 0 heterocycles. The van der Waals surface area contributed by atoms with E-state index < -0.39 is 56.9 Å². The predicted molar refractivity (Wildman–Crippen MR) is 161 cm³/mol. The molecule has 0 spiro atoms. The number of aryl methyl sites for hydroxylation is 2. The number of halogens is 4. The summed E-state index contributed by atoms with van der Waals surface area (Å²) in [6.45, 7) is 7.91. The Bertz CT molecular complexity index is 1560. The maximum absolute atomic E-state index is 14.0. The Morgan fingerprint density at radius 3 is 2.19 bits per heavy atom. The van der Waals surface area contributed by atoms with Crippen LogP contribution in [0.5, 0.6) is 0 Å². The zero-order valence-electron chi connectivity index (χ0n) is 24.6. The van der Waals surface area contributed by atoms with E-state index in [4.69, 9.17) is 11.6 Å². The van der Waals surface area contributed by atoms with Crippen LogP contribution in [0.1, 0.15) is 49.4 Å². The zero-order valence-corrected chi connectivity index (χ0v) is 26.1. The van der Waals surface area contributed by atoms with Crippen LogP contribution in [0.3, 0.4) is 0 Å². The normalized spacial score (nSPS) is 13.2. The van der Waals surface area contributed by atoms with Crippen LogP contribution in [-0.4, -0.2) is 43.8 Å². The van der Waals surface area contributed by atoms with E-state index in [0.29, 0.717) is 16.8 Å². The summed E-state index contributed by atoms with van der Waals surface area (Å²) in [5.74, 6) is -1.23. The molecule has 0 saturated carbocycles. The largest absolute Gasteiger partial charge is 0.417 e. The van der Waals surface area contributed by atoms with E-state index in [-0.39, 0.29) is 17.5 Å². The first-order chi connectivity index (χ1) is 20.1. The highest BCUT2D eigenvalue weighted by molar-refractivity contribution is 7.92. The maximum Gasteiger partial charge on any atom is 0.417 e. The predicted octanol–water partition coefficient (Wildman–Crippen LogP) is 6.50. The summed E-state index contributed by atoms with van der Waals surface area (Å²) in [5.41, 5.74) is 0.668. The number of benzene rings is 3. The first kappa shape index (κ1) is 33.9. The van der Waals surface area contributed by atoms with Gasteiger partial charge in [0.25, 0.3) is 10.0 Å². The van der Waals surface area contributed by atoms with Crippen molar-refractivity contribution in [2.24, 2.45) is 0 Å². The lowest BCUT2D eigenvalue weighted by Crippen LogP contribution is -2.52. The van der Waals surface area contributed by atoms with E-state index in [9.17, 15) is 31.2 Å². The van der Waals surface area contributed by atoms with Gasteiger partial charge in [-0.2, -0.15) is 13.2 Å². The number of nitrogens with zero attached hydrogens (tertiary/aromatic N) is 2. The molecule has 0 unspecified atom stereocenters. The van der Waals surface area contributed by atoms with Gasteiger partial charge < -0.3 is 10.2 Å². The van der Waals surface area contributed by atoms with Crippen LogP contribution < -0.4 is 9.62 Å². The summed E-state index contributed by atoms with van der Waals surface area (Å²) < 4.78 is 69.8. The highest BCUT2D eigenvalue weighted by Gasteiger charge is 2.37. The van der Waals surface area contributed by atoms with E-state index in [1.165, 1.54) is 24.0 Å². The van der Waals surface area contributed by atoms with E-state index in [1.54, 1.807) is 31.2 Å². The molecule has 12 heteroatoms. The molecule has 1 N–H and O–H groups in total. The Hall–Kier alpha value is -3.57. The van der Waals surface area contributed by atoms with Gasteiger partial charge in [0.1, 0.15) is 12.6 Å². The molecule has 2 amide bonds. The van der Waals surface area contributed by atoms with Gasteiger partial charge in [0.2, 0.25) is 11.8 Å². The number of carbonyl (C=O) groups excluding carboxylic acids is 2. The van der Waals surface area contributed by atoms with Crippen LogP contribution in [0.15, 0.2) is 71.6 Å². The van der Waals surface area contributed by atoms with Gasteiger partial charge in [0.05, 0.1) is 21.2 Å². The highest BCUT2D eigenvalue weighted by atomic mass is 35.5. The molecule has 232 valence electrons. The molecule has 0 saturated heterocycles. The summed E-state index contributed by atoms with van der Waals surface area (Å²) in [6, 6.07) is 14.4. The highest BCUT2D eigenvalue weighted by Crippen LogP contribution is 2.38. The molecule has 0 fully saturated rings. The summed E-state index contributed by atoms with van der Waals surface area (Å²) in [4.78, 5) is 28.2. The fourth-order valence-electron chi connectivity index (χ4n) is 4.27. The average Bonchev–Trinajstić information content (AvgIpc) is 2.94. The van der Waals surface area contributed by atoms with Gasteiger partial charge in [-0.25, -0.2) is 8.42 Å². The fraction of sp³-hybridized carbons (Fsp3) is 0.355. The number of hydrogen-bond acceptors (Lipinski definition) is 4. The molecule has 43 heavy (non-hydrogen) atoms. The lowest BCUT2D eigenvalue weighted by Gasteiger charge is -2.33. The van der Waals surface area contributed by atoms with Crippen LogP contribution in [0.25, 0.3) is 0 Å². The molecule has 2 atom stereocenters. The van der Waals surface area contributed by atoms with E-state index in [2.05, 4.69) is 5.32 Å². The number of rotatable bonds is 11. The third kappa shape index (κ3) is 8.29. The van der Waals surface area contributed by atoms with Gasteiger partial charge in [0.15, 0.2) is 0 Å². The monoisotopic (exact) mass is 637 g/mol. The molecule has 0 aliphatic heterocycles. The fourth-order valence-corrected chi connectivity index (χ4v) is 5.90. The number of sulfonamides is 1. The van der Waals surface area contributed by atoms with Crippen molar-refractivity contribution in [1.29, 1.82) is 0 Å². The lowest BCUT2D eigenvalue weighted by molar-refractivity contribution is -0.139. The Kier molecular flexibility index (Phi) is 10.9. The molecule has 0 aromatic heterocycles. The van der Waals surface area contributed by atoms with Crippen molar-refractivity contribution in [1.82, 2.24) is 10.2 Å².